The molecule has 0 N–H and O–H groups in total. The second kappa shape index (κ2) is 8.89. The van der Waals surface area contributed by atoms with Crippen molar-refractivity contribution < 1.29 is 22.0 Å². The zero-order valence-corrected chi connectivity index (χ0v) is 17.5. The Kier molecular flexibility index (Phi) is 6.38. The summed E-state index contributed by atoms with van der Waals surface area (Å²) in [6.07, 6.45) is 1.87. The molecule has 0 unspecified atom stereocenters. The molecule has 2 bridgehead atoms. The van der Waals surface area contributed by atoms with Crippen molar-refractivity contribution in [3.63, 3.8) is 0 Å². The molecule has 2 heterocycles. The van der Waals surface area contributed by atoms with E-state index < -0.39 is 29.6 Å². The quantitative estimate of drug-likeness (QED) is 0.318. The lowest BCUT2D eigenvalue weighted by atomic mass is 9.94. The number of unbranched alkanes of at least 4 members (excludes halogenated alkanes) is 1. The molecule has 0 radical (unpaired) electrons. The van der Waals surface area contributed by atoms with Crippen LogP contribution in [-0.2, 0) is 12.1 Å². The smallest absolute Gasteiger partial charge is 0.297 e. The van der Waals surface area contributed by atoms with Crippen LogP contribution in [0.4, 0.5) is 22.0 Å². The topological polar surface area (TPSA) is 3.24 Å². The summed E-state index contributed by atoms with van der Waals surface area (Å²) in [5, 5.41) is 0. The maximum absolute atomic E-state index is 15.0. The summed E-state index contributed by atoms with van der Waals surface area (Å²) in [7, 11) is 0. The van der Waals surface area contributed by atoms with Crippen LogP contribution in [0.1, 0.15) is 62.5 Å². The van der Waals surface area contributed by atoms with Gasteiger partial charge in [-0.2, -0.15) is 13.2 Å². The van der Waals surface area contributed by atoms with E-state index in [0.717, 1.165) is 12.6 Å². The van der Waals surface area contributed by atoms with Gasteiger partial charge >= 0.3 is 6.18 Å². The minimum Gasteiger partial charge on any atom is -0.297 e. The fourth-order valence-corrected chi connectivity index (χ4v) is 5.17. The third-order valence-corrected chi connectivity index (χ3v) is 6.79. The van der Waals surface area contributed by atoms with Crippen molar-refractivity contribution in [3.05, 3.63) is 59.7 Å². The molecule has 168 valence electrons. The molecule has 0 aromatic heterocycles. The number of hydrogen-bond acceptors (Lipinski definition) is 1. The molecule has 2 aliphatic heterocycles. The van der Waals surface area contributed by atoms with E-state index >= 15 is 0 Å². The highest BCUT2D eigenvalue weighted by Gasteiger charge is 2.38. The first-order chi connectivity index (χ1) is 14.7. The van der Waals surface area contributed by atoms with Crippen molar-refractivity contribution in [2.75, 3.05) is 6.54 Å². The predicted molar refractivity (Wildman–Crippen MR) is 112 cm³/mol. The molecule has 0 saturated carbocycles. The van der Waals surface area contributed by atoms with Gasteiger partial charge in [-0.25, -0.2) is 8.78 Å². The molecule has 0 amide bonds. The molecule has 2 atom stereocenters. The van der Waals surface area contributed by atoms with Crippen LogP contribution in [0.2, 0.25) is 0 Å². The molecule has 2 aromatic rings. The van der Waals surface area contributed by atoms with Gasteiger partial charge in [0, 0.05) is 24.1 Å². The van der Waals surface area contributed by atoms with Crippen molar-refractivity contribution in [1.29, 1.82) is 0 Å². The first-order valence-corrected chi connectivity index (χ1v) is 11.2. The highest BCUT2D eigenvalue weighted by atomic mass is 19.4. The van der Waals surface area contributed by atoms with Crippen LogP contribution in [0, 0.1) is 0 Å². The number of benzene rings is 2. The lowest BCUT2D eigenvalue weighted by molar-refractivity contribution is -0.137. The van der Waals surface area contributed by atoms with Crippen LogP contribution in [0.5, 0.6) is 0 Å². The summed E-state index contributed by atoms with van der Waals surface area (Å²) in [5.74, 6) is -3.30. The fraction of sp³-hybridized carbons (Fsp3) is 0.520. The molecule has 1 nitrogen and oxygen atoms in total. The van der Waals surface area contributed by atoms with E-state index in [9.17, 15) is 22.0 Å². The van der Waals surface area contributed by atoms with Gasteiger partial charge in [0.15, 0.2) is 0 Å². The third-order valence-electron chi connectivity index (χ3n) is 6.79. The minimum absolute atomic E-state index is 0.162. The molecular formula is C25H28F5N. The second-order valence-corrected chi connectivity index (χ2v) is 8.88. The molecule has 4 rings (SSSR count). The van der Waals surface area contributed by atoms with Gasteiger partial charge < -0.3 is 0 Å². The Morgan fingerprint density at radius 2 is 1.39 bits per heavy atom. The lowest BCUT2D eigenvalue weighted by Crippen LogP contribution is -2.40. The van der Waals surface area contributed by atoms with E-state index in [1.165, 1.54) is 38.2 Å². The predicted octanol–water partition coefficient (Wildman–Crippen LogP) is 7.65. The Hall–Kier alpha value is -1.95. The van der Waals surface area contributed by atoms with E-state index in [1.807, 2.05) is 0 Å². The average Bonchev–Trinajstić information content (AvgIpc) is 2.96. The van der Waals surface area contributed by atoms with Gasteiger partial charge in [-0.3, -0.25) is 4.90 Å². The van der Waals surface area contributed by atoms with Crippen LogP contribution < -0.4 is 0 Å². The summed E-state index contributed by atoms with van der Waals surface area (Å²) >= 11 is 0. The molecule has 0 spiro atoms. The largest absolute Gasteiger partial charge is 0.416 e. The van der Waals surface area contributed by atoms with Crippen LogP contribution in [0.25, 0.3) is 11.1 Å². The molecule has 2 aromatic carbocycles. The lowest BCUT2D eigenvalue weighted by Gasteiger charge is -2.34. The Labute approximate surface area is 180 Å². The number of rotatable bonds is 7. The zero-order valence-electron chi connectivity index (χ0n) is 17.5. The van der Waals surface area contributed by atoms with Gasteiger partial charge in [0.25, 0.3) is 5.92 Å². The van der Waals surface area contributed by atoms with E-state index in [-0.39, 0.29) is 5.56 Å². The molecule has 31 heavy (non-hydrogen) atoms. The van der Waals surface area contributed by atoms with Crippen LogP contribution >= 0.6 is 0 Å². The highest BCUT2D eigenvalue weighted by molar-refractivity contribution is 5.65. The number of nitrogens with zero attached hydrogens (tertiary/aromatic N) is 1. The summed E-state index contributed by atoms with van der Waals surface area (Å²) in [4.78, 5) is 2.47. The van der Waals surface area contributed by atoms with Crippen LogP contribution in [0.3, 0.4) is 0 Å². The average molecular weight is 437 g/mol. The summed E-state index contributed by atoms with van der Waals surface area (Å²) in [5.41, 5.74) is -0.936. The fourth-order valence-electron chi connectivity index (χ4n) is 5.17. The number of fused-ring (bicyclic) bond motifs is 2. The van der Waals surface area contributed by atoms with Crippen molar-refractivity contribution in [3.8, 4) is 11.1 Å². The number of halogens is 5. The monoisotopic (exact) mass is 437 g/mol. The van der Waals surface area contributed by atoms with Crippen LogP contribution in [-0.4, -0.2) is 23.5 Å². The van der Waals surface area contributed by atoms with Gasteiger partial charge in [-0.1, -0.05) is 36.8 Å². The van der Waals surface area contributed by atoms with Gasteiger partial charge in [0.05, 0.1) is 5.56 Å². The SMILES string of the molecule is FC(F)(F)c1cc(-c2ccccc2)cc(C(F)(F)CCCCN2[C@@H]3CCC[C@H]2CC3)c1. The summed E-state index contributed by atoms with van der Waals surface area (Å²) in [6, 6.07) is 12.3. The van der Waals surface area contributed by atoms with Crippen molar-refractivity contribution >= 4 is 0 Å². The van der Waals surface area contributed by atoms with Crippen molar-refractivity contribution in [2.24, 2.45) is 0 Å². The second-order valence-electron chi connectivity index (χ2n) is 8.88. The number of piperidine rings is 1. The third kappa shape index (κ3) is 5.11. The van der Waals surface area contributed by atoms with E-state index in [0.29, 0.717) is 36.6 Å². The molecule has 2 fully saturated rings. The molecule has 2 aliphatic rings. The standard InChI is InChI=1S/C25H28F5N/c26-24(27,13-4-5-14-31-22-9-6-10-23(31)12-11-22)20-15-19(18-7-2-1-3-8-18)16-21(17-20)25(28,29)30/h1-3,7-8,15-17,22-23H,4-6,9-14H2/t22-,23+. The zero-order chi connectivity index (χ0) is 22.1. The Morgan fingerprint density at radius 3 is 2.03 bits per heavy atom. The van der Waals surface area contributed by atoms with Gasteiger partial charge in [0.2, 0.25) is 0 Å². The van der Waals surface area contributed by atoms with E-state index in [4.69, 9.17) is 0 Å². The Bertz CT molecular complexity index is 861. The number of alkyl halides is 5. The van der Waals surface area contributed by atoms with E-state index in [2.05, 4.69) is 4.90 Å². The summed E-state index contributed by atoms with van der Waals surface area (Å²) < 4.78 is 70.1. The normalized spacial score (nSPS) is 22.1. The molecule has 6 heteroatoms. The molecule has 2 saturated heterocycles. The first kappa shape index (κ1) is 22.3. The van der Waals surface area contributed by atoms with E-state index in [1.54, 1.807) is 30.3 Å². The maximum atomic E-state index is 15.0. The molecular weight excluding hydrogens is 409 g/mol. The van der Waals surface area contributed by atoms with Crippen LogP contribution in [0.15, 0.2) is 48.5 Å². The van der Waals surface area contributed by atoms with Crippen molar-refractivity contribution in [2.45, 2.75) is 75.5 Å². The van der Waals surface area contributed by atoms with Gasteiger partial charge in [-0.15, -0.1) is 0 Å². The first-order valence-electron chi connectivity index (χ1n) is 11.2. The molecule has 0 aliphatic carbocycles. The minimum atomic E-state index is -4.68. The van der Waals surface area contributed by atoms with Gasteiger partial charge in [-0.05, 0) is 74.4 Å². The number of hydrogen-bond donors (Lipinski definition) is 0. The highest BCUT2D eigenvalue weighted by Crippen LogP contribution is 2.41. The van der Waals surface area contributed by atoms with Crippen molar-refractivity contribution in [1.82, 2.24) is 4.90 Å². The maximum Gasteiger partial charge on any atom is 0.416 e. The Balaban J connectivity index is 1.46. The van der Waals surface area contributed by atoms with Gasteiger partial charge in [0.1, 0.15) is 0 Å². The Morgan fingerprint density at radius 1 is 0.742 bits per heavy atom. The summed E-state index contributed by atoms with van der Waals surface area (Å²) in [6.45, 7) is 0.809.